The van der Waals surface area contributed by atoms with Crippen molar-refractivity contribution in [1.29, 1.82) is 0 Å². The molecule has 3 aromatic heterocycles. The van der Waals surface area contributed by atoms with Crippen molar-refractivity contribution in [3.05, 3.63) is 23.5 Å². The number of nitrogens with zero attached hydrogens (tertiary/aromatic N) is 7. The molecule has 1 saturated heterocycles. The fraction of sp³-hybridized carbons (Fsp3) is 0.417. The van der Waals surface area contributed by atoms with Gasteiger partial charge in [0.25, 0.3) is 0 Å². The number of aromatic nitrogens is 6. The zero-order valence-corrected chi connectivity index (χ0v) is 12.3. The van der Waals surface area contributed by atoms with Gasteiger partial charge in [-0.2, -0.15) is 4.52 Å². The standard InChI is InChI=1S/C12H14N8S/c1-8-15-17-12(21-8)13-4-9-5-19(6-9)11-3-2-10-16-14-7-20(10)18-11/h2-3,7,9H,4-6H2,1H3,(H,13,17). The van der Waals surface area contributed by atoms with Crippen molar-refractivity contribution < 1.29 is 0 Å². The maximum absolute atomic E-state index is 4.49. The minimum Gasteiger partial charge on any atom is -0.360 e. The molecule has 0 amide bonds. The van der Waals surface area contributed by atoms with Gasteiger partial charge in [-0.1, -0.05) is 11.3 Å². The van der Waals surface area contributed by atoms with Gasteiger partial charge in [-0.25, -0.2) is 0 Å². The molecule has 0 bridgehead atoms. The van der Waals surface area contributed by atoms with Crippen molar-refractivity contribution in [2.24, 2.45) is 5.92 Å². The van der Waals surface area contributed by atoms with Crippen molar-refractivity contribution in [3.8, 4) is 0 Å². The Kier molecular flexibility index (Phi) is 2.92. The second-order valence-electron chi connectivity index (χ2n) is 5.10. The van der Waals surface area contributed by atoms with E-state index in [1.807, 2.05) is 19.1 Å². The summed E-state index contributed by atoms with van der Waals surface area (Å²) in [7, 11) is 0. The number of hydrogen-bond acceptors (Lipinski definition) is 8. The van der Waals surface area contributed by atoms with Gasteiger partial charge in [-0.05, 0) is 19.1 Å². The molecule has 8 nitrogen and oxygen atoms in total. The van der Waals surface area contributed by atoms with Crippen LogP contribution in [-0.4, -0.2) is 49.6 Å². The van der Waals surface area contributed by atoms with E-state index >= 15 is 0 Å². The summed E-state index contributed by atoms with van der Waals surface area (Å²) in [4.78, 5) is 2.25. The lowest BCUT2D eigenvalue weighted by Gasteiger charge is -2.40. The van der Waals surface area contributed by atoms with Crippen molar-refractivity contribution in [1.82, 2.24) is 30.0 Å². The minimum atomic E-state index is 0.604. The van der Waals surface area contributed by atoms with Gasteiger partial charge in [0.2, 0.25) is 5.13 Å². The van der Waals surface area contributed by atoms with E-state index in [-0.39, 0.29) is 0 Å². The Labute approximate surface area is 124 Å². The van der Waals surface area contributed by atoms with Crippen LogP contribution in [0.25, 0.3) is 5.65 Å². The Morgan fingerprint density at radius 1 is 1.29 bits per heavy atom. The van der Waals surface area contributed by atoms with Crippen LogP contribution >= 0.6 is 11.3 Å². The fourth-order valence-corrected chi connectivity index (χ4v) is 2.97. The molecule has 0 spiro atoms. The van der Waals surface area contributed by atoms with E-state index in [4.69, 9.17) is 0 Å². The molecule has 1 N–H and O–H groups in total. The molecule has 0 atom stereocenters. The van der Waals surface area contributed by atoms with Gasteiger partial charge >= 0.3 is 0 Å². The molecule has 0 radical (unpaired) electrons. The van der Waals surface area contributed by atoms with Crippen LogP contribution in [-0.2, 0) is 0 Å². The first-order chi connectivity index (χ1) is 10.3. The highest BCUT2D eigenvalue weighted by atomic mass is 32.1. The Morgan fingerprint density at radius 3 is 3.00 bits per heavy atom. The van der Waals surface area contributed by atoms with E-state index in [1.54, 1.807) is 22.2 Å². The molecule has 4 rings (SSSR count). The van der Waals surface area contributed by atoms with Crippen molar-refractivity contribution in [3.63, 3.8) is 0 Å². The number of hydrogen-bond donors (Lipinski definition) is 1. The highest BCUT2D eigenvalue weighted by Gasteiger charge is 2.28. The first kappa shape index (κ1) is 12.5. The molecule has 0 aromatic carbocycles. The lowest BCUT2D eigenvalue weighted by atomic mass is 10.0. The average molecular weight is 302 g/mol. The van der Waals surface area contributed by atoms with Crippen LogP contribution in [0.15, 0.2) is 18.5 Å². The molecule has 1 aliphatic heterocycles. The van der Waals surface area contributed by atoms with E-state index < -0.39 is 0 Å². The molecule has 1 fully saturated rings. The fourth-order valence-electron chi connectivity index (χ4n) is 2.37. The van der Waals surface area contributed by atoms with Crippen LogP contribution in [0.3, 0.4) is 0 Å². The zero-order chi connectivity index (χ0) is 14.2. The Morgan fingerprint density at radius 2 is 2.19 bits per heavy atom. The molecule has 21 heavy (non-hydrogen) atoms. The van der Waals surface area contributed by atoms with Crippen molar-refractivity contribution in [2.45, 2.75) is 6.92 Å². The average Bonchev–Trinajstić information content (AvgIpc) is 3.05. The normalized spacial score (nSPS) is 15.4. The van der Waals surface area contributed by atoms with Gasteiger partial charge in [0.05, 0.1) is 0 Å². The molecule has 0 aliphatic carbocycles. The highest BCUT2D eigenvalue weighted by molar-refractivity contribution is 7.15. The van der Waals surface area contributed by atoms with Gasteiger partial charge in [-0.15, -0.1) is 25.5 Å². The number of fused-ring (bicyclic) bond motifs is 1. The van der Waals surface area contributed by atoms with Gasteiger partial charge in [0.1, 0.15) is 17.2 Å². The number of anilines is 2. The molecule has 0 saturated carbocycles. The summed E-state index contributed by atoms with van der Waals surface area (Å²) in [6.45, 7) is 4.86. The molecule has 4 heterocycles. The van der Waals surface area contributed by atoms with Crippen LogP contribution in [0.2, 0.25) is 0 Å². The predicted octanol–water partition coefficient (Wildman–Crippen LogP) is 0.833. The predicted molar refractivity (Wildman–Crippen MR) is 79.6 cm³/mol. The van der Waals surface area contributed by atoms with E-state index in [0.717, 1.165) is 41.2 Å². The number of aryl methyl sites for hydroxylation is 1. The van der Waals surface area contributed by atoms with Crippen molar-refractivity contribution >= 4 is 27.9 Å². The smallest absolute Gasteiger partial charge is 0.205 e. The molecule has 3 aromatic rings. The molecular weight excluding hydrogens is 288 g/mol. The first-order valence-electron chi connectivity index (χ1n) is 6.74. The van der Waals surface area contributed by atoms with Gasteiger partial charge in [0.15, 0.2) is 5.65 Å². The quantitative estimate of drug-likeness (QED) is 0.764. The highest BCUT2D eigenvalue weighted by Crippen LogP contribution is 2.23. The third kappa shape index (κ3) is 2.40. The van der Waals surface area contributed by atoms with Crippen LogP contribution in [0.1, 0.15) is 5.01 Å². The number of nitrogens with one attached hydrogen (secondary N) is 1. The van der Waals surface area contributed by atoms with Crippen LogP contribution in [0.5, 0.6) is 0 Å². The molecule has 0 unspecified atom stereocenters. The van der Waals surface area contributed by atoms with E-state index in [2.05, 4.69) is 35.7 Å². The van der Waals surface area contributed by atoms with Gasteiger partial charge in [0, 0.05) is 25.6 Å². The van der Waals surface area contributed by atoms with Crippen LogP contribution in [0, 0.1) is 12.8 Å². The first-order valence-corrected chi connectivity index (χ1v) is 7.55. The summed E-state index contributed by atoms with van der Waals surface area (Å²) >= 11 is 1.59. The third-order valence-corrected chi connectivity index (χ3v) is 4.29. The lowest BCUT2D eigenvalue weighted by molar-refractivity contribution is 0.425. The third-order valence-electron chi connectivity index (χ3n) is 3.50. The van der Waals surface area contributed by atoms with Gasteiger partial charge < -0.3 is 10.2 Å². The Bertz CT molecular complexity index is 759. The topological polar surface area (TPSA) is 84.1 Å². The molecule has 1 aliphatic rings. The summed E-state index contributed by atoms with van der Waals surface area (Å²) in [5, 5.41) is 25.6. The monoisotopic (exact) mass is 302 g/mol. The Balaban J connectivity index is 1.34. The summed E-state index contributed by atoms with van der Waals surface area (Å²) in [6.07, 6.45) is 1.62. The maximum Gasteiger partial charge on any atom is 0.205 e. The molecule has 108 valence electrons. The minimum absolute atomic E-state index is 0.604. The van der Waals surface area contributed by atoms with E-state index in [9.17, 15) is 0 Å². The summed E-state index contributed by atoms with van der Waals surface area (Å²) in [6, 6.07) is 3.92. The van der Waals surface area contributed by atoms with Crippen LogP contribution < -0.4 is 10.2 Å². The maximum atomic E-state index is 4.49. The Hall–Kier alpha value is -2.29. The number of rotatable bonds is 4. The molecular formula is C12H14N8S. The van der Waals surface area contributed by atoms with Crippen LogP contribution in [0.4, 0.5) is 10.9 Å². The largest absolute Gasteiger partial charge is 0.360 e. The summed E-state index contributed by atoms with van der Waals surface area (Å²) in [5.41, 5.74) is 0.768. The second-order valence-corrected chi connectivity index (χ2v) is 6.29. The second kappa shape index (κ2) is 4.92. The summed E-state index contributed by atoms with van der Waals surface area (Å²) < 4.78 is 1.70. The molecule has 9 heteroatoms. The van der Waals surface area contributed by atoms with E-state index in [1.165, 1.54) is 0 Å². The van der Waals surface area contributed by atoms with Gasteiger partial charge in [-0.3, -0.25) is 0 Å². The summed E-state index contributed by atoms with van der Waals surface area (Å²) in [5.74, 6) is 1.57. The lowest BCUT2D eigenvalue weighted by Crippen LogP contribution is -2.50. The zero-order valence-electron chi connectivity index (χ0n) is 11.5. The SMILES string of the molecule is Cc1nnc(NCC2CN(c3ccc4nncn4n3)C2)s1. The van der Waals surface area contributed by atoms with E-state index in [0.29, 0.717) is 5.92 Å². The van der Waals surface area contributed by atoms with Crippen molar-refractivity contribution in [2.75, 3.05) is 29.9 Å².